The molecule has 0 fully saturated rings. The summed E-state index contributed by atoms with van der Waals surface area (Å²) in [5.74, 6) is -43.3. The third-order valence-electron chi connectivity index (χ3n) is 4.77. The second kappa shape index (κ2) is 7.30. The van der Waals surface area contributed by atoms with Gasteiger partial charge in [-0.15, -0.1) is 0 Å². The van der Waals surface area contributed by atoms with Crippen molar-refractivity contribution in [1.29, 1.82) is 0 Å². The topological polar surface area (TPSA) is 66.4 Å². The van der Waals surface area contributed by atoms with E-state index in [4.69, 9.17) is 0 Å². The molecule has 0 atom stereocenters. The predicted molar refractivity (Wildman–Crippen MR) is 90.5 cm³/mol. The van der Waals surface area contributed by atoms with Gasteiger partial charge >= 0.3 is 192 Å². The summed E-state index contributed by atoms with van der Waals surface area (Å²) in [5.41, 5.74) is 0. The van der Waals surface area contributed by atoms with Crippen molar-refractivity contribution in [3.05, 3.63) is 69.8 Å². The molecule has 0 bridgehead atoms. The van der Waals surface area contributed by atoms with E-state index in [9.17, 15) is 57.8 Å². The van der Waals surface area contributed by atoms with Gasteiger partial charge in [0.15, 0.2) is 0 Å². The van der Waals surface area contributed by atoms with Gasteiger partial charge in [0.2, 0.25) is 0 Å². The summed E-state index contributed by atoms with van der Waals surface area (Å²) in [5, 5.41) is 9.73. The van der Waals surface area contributed by atoms with Gasteiger partial charge in [-0.05, 0) is 0 Å². The number of phenolic OH excluding ortho intramolecular Hbond substituents is 1. The molecule has 0 radical (unpaired) electrons. The van der Waals surface area contributed by atoms with Crippen molar-refractivity contribution in [3.8, 4) is 34.5 Å². The van der Waals surface area contributed by atoms with E-state index >= 15 is 0 Å². The van der Waals surface area contributed by atoms with Crippen molar-refractivity contribution in [2.24, 2.45) is 0 Å². The molecule has 1 spiro atoms. The van der Waals surface area contributed by atoms with Gasteiger partial charge in [0.1, 0.15) is 0 Å². The Balaban J connectivity index is 1.81. The fourth-order valence-electron chi connectivity index (χ4n) is 3.12. The molecule has 19 heteroatoms. The van der Waals surface area contributed by atoms with Crippen molar-refractivity contribution < 1.29 is 80.4 Å². The first-order valence-corrected chi connectivity index (χ1v) is 10.8. The monoisotopic (exact) mass is 572 g/mol. The van der Waals surface area contributed by atoms with Crippen molar-refractivity contribution in [1.82, 2.24) is 0 Å². The second-order valence-corrected chi connectivity index (χ2v) is 9.37. The summed E-state index contributed by atoms with van der Waals surface area (Å²) >= 11 is 0. The van der Waals surface area contributed by atoms with Gasteiger partial charge in [0, 0.05) is 0 Å². The van der Waals surface area contributed by atoms with Gasteiger partial charge in [0.25, 0.3) is 0 Å². The third-order valence-corrected chi connectivity index (χ3v) is 7.17. The molecule has 2 heterocycles. The molecule has 2 aliphatic heterocycles. The number of rotatable bonds is 2. The fraction of sp³-hybridized carbons (Fsp3) is 0. The Morgan fingerprint density at radius 1 is 0.405 bits per heavy atom. The average Bonchev–Trinajstić information content (AvgIpc) is 3.40. The Labute approximate surface area is 193 Å². The first-order chi connectivity index (χ1) is 17.1. The molecule has 0 amide bonds. The second-order valence-electron chi connectivity index (χ2n) is 6.96. The van der Waals surface area contributed by atoms with E-state index in [1.165, 1.54) is 0 Å². The Bertz CT molecular complexity index is 1390. The Kier molecular flexibility index (Phi) is 4.88. The van der Waals surface area contributed by atoms with E-state index in [0.29, 0.717) is 0 Å². The molecule has 5 rings (SSSR count). The average molecular weight is 572 g/mol. The first kappa shape index (κ1) is 24.7. The predicted octanol–water partition coefficient (Wildman–Crippen LogP) is 6.51. The molecule has 198 valence electrons. The van der Waals surface area contributed by atoms with Crippen molar-refractivity contribution in [2.75, 3.05) is 0 Å². The SMILES string of the molecule is Oc1c(F)c(F)c(F)c(F)c1OP12(Oc3c(F)c(F)c(F)c(F)c3O1)Oc1c(F)c(F)c(F)c(F)c1O2. The molecule has 0 aliphatic carbocycles. The third kappa shape index (κ3) is 3.01. The van der Waals surface area contributed by atoms with E-state index < -0.39 is 112 Å². The molecule has 0 unspecified atom stereocenters. The standard InChI is InChI=1S/C18HF12O6P/c19-1-2(20)8(26)14(13(31)7(1)25)32-37(33-15-9(27)3(21)4(22)10(28)16(15)34-37)35-17-11(29)5(23)6(24)12(30)18(17)36-37/h31H. The van der Waals surface area contributed by atoms with Gasteiger partial charge in [-0.2, -0.15) is 0 Å². The quantitative estimate of drug-likeness (QED) is 0.164. The van der Waals surface area contributed by atoms with E-state index in [2.05, 4.69) is 22.6 Å². The molecule has 0 aromatic heterocycles. The number of benzene rings is 3. The summed E-state index contributed by atoms with van der Waals surface area (Å²) in [6.45, 7) is 0. The number of aromatic hydroxyl groups is 1. The van der Waals surface area contributed by atoms with Crippen LogP contribution >= 0.6 is 7.74 Å². The van der Waals surface area contributed by atoms with Gasteiger partial charge in [0.05, 0.1) is 0 Å². The summed E-state index contributed by atoms with van der Waals surface area (Å²) < 4.78 is 191. The van der Waals surface area contributed by atoms with Crippen LogP contribution in [0.15, 0.2) is 0 Å². The summed E-state index contributed by atoms with van der Waals surface area (Å²) in [6.07, 6.45) is 0. The van der Waals surface area contributed by atoms with Gasteiger partial charge in [-0.25, -0.2) is 0 Å². The Hall–Kier alpha value is -3.95. The molecule has 3 aromatic carbocycles. The van der Waals surface area contributed by atoms with Crippen LogP contribution in [0.1, 0.15) is 0 Å². The minimum atomic E-state index is -7.21. The zero-order valence-electron chi connectivity index (χ0n) is 16.5. The molecule has 2 aliphatic rings. The molecular formula is C18HF12O6P. The van der Waals surface area contributed by atoms with E-state index in [-0.39, 0.29) is 0 Å². The summed E-state index contributed by atoms with van der Waals surface area (Å²) in [6, 6.07) is 0. The number of hydrogen-bond donors (Lipinski definition) is 1. The Morgan fingerprint density at radius 2 is 0.676 bits per heavy atom. The number of hydrogen-bond acceptors (Lipinski definition) is 6. The van der Waals surface area contributed by atoms with Gasteiger partial charge < -0.3 is 0 Å². The number of phenols is 1. The van der Waals surface area contributed by atoms with Crippen molar-refractivity contribution in [2.45, 2.75) is 0 Å². The van der Waals surface area contributed by atoms with Crippen LogP contribution in [-0.2, 0) is 0 Å². The zero-order valence-corrected chi connectivity index (χ0v) is 17.4. The minimum absolute atomic E-state index is 1.92. The van der Waals surface area contributed by atoms with Crippen LogP contribution in [-0.4, -0.2) is 5.11 Å². The number of halogens is 12. The van der Waals surface area contributed by atoms with Crippen LogP contribution in [0.5, 0.6) is 34.5 Å². The van der Waals surface area contributed by atoms with E-state index in [1.807, 2.05) is 0 Å². The normalized spacial score (nSPS) is 17.1. The molecule has 0 saturated heterocycles. The van der Waals surface area contributed by atoms with Gasteiger partial charge in [-0.1, -0.05) is 0 Å². The Morgan fingerprint density at radius 3 is 1.00 bits per heavy atom. The maximum atomic E-state index is 14.4. The van der Waals surface area contributed by atoms with Crippen LogP contribution in [0.3, 0.4) is 0 Å². The van der Waals surface area contributed by atoms with Crippen LogP contribution in [0.2, 0.25) is 0 Å². The molecule has 0 saturated carbocycles. The van der Waals surface area contributed by atoms with Gasteiger partial charge in [-0.3, -0.25) is 0 Å². The van der Waals surface area contributed by atoms with Crippen LogP contribution in [0.25, 0.3) is 0 Å². The van der Waals surface area contributed by atoms with Crippen LogP contribution < -0.4 is 22.6 Å². The van der Waals surface area contributed by atoms with E-state index in [0.717, 1.165) is 0 Å². The molecular weight excluding hydrogens is 571 g/mol. The molecule has 1 N–H and O–H groups in total. The maximum absolute atomic E-state index is 14.4. The molecule has 3 aromatic rings. The summed E-state index contributed by atoms with van der Waals surface area (Å²) in [7, 11) is -7.21. The zero-order chi connectivity index (χ0) is 27.4. The van der Waals surface area contributed by atoms with Crippen molar-refractivity contribution >= 4 is 7.74 Å². The van der Waals surface area contributed by atoms with E-state index in [1.54, 1.807) is 0 Å². The summed E-state index contributed by atoms with van der Waals surface area (Å²) in [4.78, 5) is 0. The number of fused-ring (bicyclic) bond motifs is 2. The molecule has 6 nitrogen and oxygen atoms in total. The van der Waals surface area contributed by atoms with Crippen LogP contribution in [0.4, 0.5) is 52.7 Å². The molecule has 37 heavy (non-hydrogen) atoms. The first-order valence-electron chi connectivity index (χ1n) is 8.92. The van der Waals surface area contributed by atoms with Crippen molar-refractivity contribution in [3.63, 3.8) is 0 Å². The fourth-order valence-corrected chi connectivity index (χ4v) is 5.81. The van der Waals surface area contributed by atoms with Crippen LogP contribution in [0, 0.1) is 69.8 Å².